The van der Waals surface area contributed by atoms with Crippen LogP contribution in [-0.4, -0.2) is 21.1 Å². The molecule has 0 bridgehead atoms. The zero-order valence-electron chi connectivity index (χ0n) is 10.7. The first-order valence-corrected chi connectivity index (χ1v) is 5.90. The lowest BCUT2D eigenvalue weighted by Gasteiger charge is -1.99. The average Bonchev–Trinajstić information content (AvgIpc) is 3.17. The van der Waals surface area contributed by atoms with Crippen LogP contribution in [0.5, 0.6) is 0 Å². The predicted molar refractivity (Wildman–Crippen MR) is 64.7 cm³/mol. The normalized spacial score (nSPS) is 11.6. The molecule has 0 unspecified atom stereocenters. The van der Waals surface area contributed by atoms with Gasteiger partial charge in [0.15, 0.2) is 5.78 Å². The molecule has 1 aromatic carbocycles. The number of rotatable bonds is 3. The Kier molecular flexibility index (Phi) is 3.24. The molecule has 0 spiro atoms. The Morgan fingerprint density at radius 1 is 1.09 bits per heavy atom. The van der Waals surface area contributed by atoms with Crippen molar-refractivity contribution in [2.45, 2.75) is 6.18 Å². The van der Waals surface area contributed by atoms with Crippen LogP contribution in [0.3, 0.4) is 0 Å². The Bertz CT molecular complexity index is 792. The van der Waals surface area contributed by atoms with E-state index in [1.165, 1.54) is 36.7 Å². The molecule has 3 aromatic rings. The summed E-state index contributed by atoms with van der Waals surface area (Å²) in [5.41, 5.74) is 0.888. The van der Waals surface area contributed by atoms with Gasteiger partial charge in [-0.25, -0.2) is 0 Å². The Morgan fingerprint density at radius 3 is 2.36 bits per heavy atom. The number of alkyl halides is 3. The number of carbonyl (C=O) groups is 1. The van der Waals surface area contributed by atoms with Crippen LogP contribution in [0, 0.1) is 0 Å². The first-order valence-electron chi connectivity index (χ1n) is 5.90. The van der Waals surface area contributed by atoms with Gasteiger partial charge in [0.25, 0.3) is 0 Å². The van der Waals surface area contributed by atoms with E-state index >= 15 is 0 Å². The van der Waals surface area contributed by atoms with Gasteiger partial charge in [-0.3, -0.25) is 4.79 Å². The van der Waals surface area contributed by atoms with Gasteiger partial charge >= 0.3 is 12.1 Å². The van der Waals surface area contributed by atoms with Gasteiger partial charge in [0, 0.05) is 11.1 Å². The summed E-state index contributed by atoms with van der Waals surface area (Å²) in [6.07, 6.45) is -2.23. The second kappa shape index (κ2) is 5.10. The van der Waals surface area contributed by atoms with Crippen LogP contribution in [0.4, 0.5) is 13.2 Å². The Labute approximate surface area is 120 Å². The molecule has 9 heteroatoms. The van der Waals surface area contributed by atoms with E-state index < -0.39 is 12.1 Å². The third-order valence-electron chi connectivity index (χ3n) is 2.77. The van der Waals surface area contributed by atoms with Crippen LogP contribution >= 0.6 is 0 Å². The van der Waals surface area contributed by atoms with Crippen molar-refractivity contribution in [1.82, 2.24) is 15.3 Å². The maximum absolute atomic E-state index is 12.4. The van der Waals surface area contributed by atoms with E-state index in [0.717, 1.165) is 0 Å². The van der Waals surface area contributed by atoms with E-state index in [1.54, 1.807) is 0 Å². The summed E-state index contributed by atoms with van der Waals surface area (Å²) in [7, 11) is 0. The van der Waals surface area contributed by atoms with Crippen LogP contribution in [0.2, 0.25) is 0 Å². The summed E-state index contributed by atoms with van der Waals surface area (Å²) >= 11 is 0. The fraction of sp³-hybridized carbons (Fsp3) is 0.0769. The molecule has 0 aliphatic carbocycles. The monoisotopic (exact) mass is 309 g/mol. The lowest BCUT2D eigenvalue weighted by molar-refractivity contribution is -0.159. The van der Waals surface area contributed by atoms with E-state index in [0.29, 0.717) is 11.1 Å². The lowest BCUT2D eigenvalue weighted by atomic mass is 10.0. The molecule has 0 saturated heterocycles. The molecule has 0 fully saturated rings. The third-order valence-corrected chi connectivity index (χ3v) is 2.77. The summed E-state index contributed by atoms with van der Waals surface area (Å²) in [4.78, 5) is 15.3. The van der Waals surface area contributed by atoms with Crippen LogP contribution in [0.15, 0.2) is 45.8 Å². The van der Waals surface area contributed by atoms with Crippen molar-refractivity contribution in [1.29, 1.82) is 0 Å². The highest BCUT2D eigenvalue weighted by atomic mass is 19.4. The molecule has 0 amide bonds. The topological polar surface area (TPSA) is 82.0 Å². The largest absolute Gasteiger partial charge is 0.471 e. The Balaban J connectivity index is 1.85. The smallest absolute Gasteiger partial charge is 0.364 e. The lowest BCUT2D eigenvalue weighted by Crippen LogP contribution is -2.04. The van der Waals surface area contributed by atoms with Gasteiger partial charge in [-0.1, -0.05) is 34.6 Å². The first-order chi connectivity index (χ1) is 10.4. The van der Waals surface area contributed by atoms with Crippen molar-refractivity contribution in [3.05, 3.63) is 53.7 Å². The second-order valence-electron chi connectivity index (χ2n) is 4.24. The standard InChI is InChI=1S/C13H6F3N3O3/c14-13(15,16)12-18-11(19-22-12)8-3-1-7(2-4-8)10(20)9-5-17-21-6-9/h1-6H. The van der Waals surface area contributed by atoms with Crippen LogP contribution in [0.1, 0.15) is 21.8 Å². The van der Waals surface area contributed by atoms with E-state index in [9.17, 15) is 18.0 Å². The van der Waals surface area contributed by atoms with E-state index in [1.807, 2.05) is 0 Å². The number of aromatic nitrogens is 3. The highest BCUT2D eigenvalue weighted by Gasteiger charge is 2.38. The van der Waals surface area contributed by atoms with Gasteiger partial charge in [0.1, 0.15) is 6.26 Å². The summed E-state index contributed by atoms with van der Waals surface area (Å²) in [5.74, 6) is -1.96. The fourth-order valence-corrected chi connectivity index (χ4v) is 1.71. The molecule has 6 nitrogen and oxygen atoms in total. The highest BCUT2D eigenvalue weighted by molar-refractivity contribution is 6.08. The number of halogens is 3. The van der Waals surface area contributed by atoms with Crippen molar-refractivity contribution in [3.63, 3.8) is 0 Å². The summed E-state index contributed by atoms with van der Waals surface area (Å²) in [5, 5.41) is 6.69. The molecule has 0 N–H and O–H groups in total. The molecule has 3 rings (SSSR count). The Morgan fingerprint density at radius 2 is 1.82 bits per heavy atom. The number of benzene rings is 1. The molecule has 22 heavy (non-hydrogen) atoms. The SMILES string of the molecule is O=C(c1ccc(-c2noc(C(F)(F)F)n2)cc1)c1cnoc1. The summed E-state index contributed by atoms with van der Waals surface area (Å²) in [6.45, 7) is 0. The van der Waals surface area contributed by atoms with Gasteiger partial charge in [0.2, 0.25) is 5.82 Å². The van der Waals surface area contributed by atoms with Crippen molar-refractivity contribution >= 4 is 5.78 Å². The zero-order valence-corrected chi connectivity index (χ0v) is 10.7. The van der Waals surface area contributed by atoms with Crippen LogP contribution in [-0.2, 0) is 6.18 Å². The van der Waals surface area contributed by atoms with Crippen molar-refractivity contribution < 1.29 is 27.0 Å². The number of carbonyl (C=O) groups excluding carboxylic acids is 1. The number of ketones is 1. The highest BCUT2D eigenvalue weighted by Crippen LogP contribution is 2.29. The average molecular weight is 309 g/mol. The van der Waals surface area contributed by atoms with Crippen molar-refractivity contribution in [3.8, 4) is 11.4 Å². The molecular formula is C13H6F3N3O3. The van der Waals surface area contributed by atoms with Crippen molar-refractivity contribution in [2.75, 3.05) is 0 Å². The van der Waals surface area contributed by atoms with Crippen molar-refractivity contribution in [2.24, 2.45) is 0 Å². The maximum atomic E-state index is 12.4. The molecule has 0 saturated carbocycles. The van der Waals surface area contributed by atoms with Crippen LogP contribution < -0.4 is 0 Å². The van der Waals surface area contributed by atoms with Gasteiger partial charge in [-0.2, -0.15) is 18.2 Å². The minimum Gasteiger partial charge on any atom is -0.364 e. The summed E-state index contributed by atoms with van der Waals surface area (Å²) < 4.78 is 45.9. The fourth-order valence-electron chi connectivity index (χ4n) is 1.71. The van der Waals surface area contributed by atoms with Gasteiger partial charge < -0.3 is 9.05 Å². The predicted octanol–water partition coefficient (Wildman–Crippen LogP) is 2.97. The van der Waals surface area contributed by atoms with Gasteiger partial charge in [-0.05, 0) is 0 Å². The molecule has 112 valence electrons. The minimum absolute atomic E-state index is 0.212. The molecule has 0 atom stereocenters. The van der Waals surface area contributed by atoms with Gasteiger partial charge in [-0.15, -0.1) is 0 Å². The number of nitrogens with zero attached hydrogens (tertiary/aromatic N) is 3. The molecule has 0 aliphatic heterocycles. The molecule has 2 heterocycles. The number of hydrogen-bond donors (Lipinski definition) is 0. The van der Waals surface area contributed by atoms with Gasteiger partial charge in [0.05, 0.1) is 11.8 Å². The first kappa shape index (κ1) is 14.0. The number of hydrogen-bond acceptors (Lipinski definition) is 6. The molecule has 0 aliphatic rings. The zero-order chi connectivity index (χ0) is 15.7. The van der Waals surface area contributed by atoms with E-state index in [-0.39, 0.29) is 17.2 Å². The van der Waals surface area contributed by atoms with E-state index in [4.69, 9.17) is 0 Å². The third kappa shape index (κ3) is 2.60. The van der Waals surface area contributed by atoms with E-state index in [2.05, 4.69) is 24.3 Å². The summed E-state index contributed by atoms with van der Waals surface area (Å²) in [6, 6.07) is 5.72. The maximum Gasteiger partial charge on any atom is 0.471 e. The second-order valence-corrected chi connectivity index (χ2v) is 4.24. The van der Waals surface area contributed by atoms with Crippen LogP contribution in [0.25, 0.3) is 11.4 Å². The minimum atomic E-state index is -4.70. The molecule has 0 radical (unpaired) electrons. The quantitative estimate of drug-likeness (QED) is 0.692. The molecule has 2 aromatic heterocycles. The Hall–Kier alpha value is -2.97. The molecular weight excluding hydrogens is 303 g/mol.